The van der Waals surface area contributed by atoms with Gasteiger partial charge in [0.25, 0.3) is 5.91 Å². The van der Waals surface area contributed by atoms with E-state index in [0.717, 1.165) is 11.5 Å². The Labute approximate surface area is 160 Å². The molecule has 140 valence electrons. The Morgan fingerprint density at radius 2 is 2.04 bits per heavy atom. The number of hydrogen-bond donors (Lipinski definition) is 1. The van der Waals surface area contributed by atoms with Crippen molar-refractivity contribution in [2.24, 2.45) is 0 Å². The van der Waals surface area contributed by atoms with Gasteiger partial charge in [0, 0.05) is 29.0 Å². The van der Waals surface area contributed by atoms with Crippen LogP contribution in [0, 0.1) is 0 Å². The summed E-state index contributed by atoms with van der Waals surface area (Å²) in [5.74, 6) is 1.68. The van der Waals surface area contributed by atoms with Gasteiger partial charge in [0.2, 0.25) is 0 Å². The van der Waals surface area contributed by atoms with E-state index < -0.39 is 5.97 Å². The third-order valence-corrected chi connectivity index (χ3v) is 5.42. The summed E-state index contributed by atoms with van der Waals surface area (Å²) < 4.78 is 15.3. The van der Waals surface area contributed by atoms with Crippen molar-refractivity contribution in [2.45, 2.75) is 5.75 Å². The van der Waals surface area contributed by atoms with Gasteiger partial charge in [-0.15, -0.1) is 11.3 Å². The van der Waals surface area contributed by atoms with Crippen molar-refractivity contribution in [3.05, 3.63) is 46.2 Å². The van der Waals surface area contributed by atoms with E-state index in [9.17, 15) is 9.59 Å². The second kappa shape index (κ2) is 10.7. The SMILES string of the molecule is COc1ccc(C(=O)OCC(=O)NCCSCc2cccs2)c(OC)c1. The van der Waals surface area contributed by atoms with E-state index in [1.54, 1.807) is 41.3 Å². The Morgan fingerprint density at radius 1 is 1.19 bits per heavy atom. The fourth-order valence-corrected chi connectivity index (χ4v) is 3.76. The van der Waals surface area contributed by atoms with Crippen LogP contribution in [0.3, 0.4) is 0 Å². The first-order valence-electron chi connectivity index (χ1n) is 7.90. The van der Waals surface area contributed by atoms with Crippen molar-refractivity contribution in [3.8, 4) is 11.5 Å². The monoisotopic (exact) mass is 395 g/mol. The smallest absolute Gasteiger partial charge is 0.342 e. The summed E-state index contributed by atoms with van der Waals surface area (Å²) in [7, 11) is 2.97. The molecule has 0 saturated carbocycles. The standard InChI is InChI=1S/C18H21NO5S2/c1-22-13-5-6-15(16(10-13)23-2)18(21)24-11-17(20)19-7-9-25-12-14-4-3-8-26-14/h3-6,8,10H,7,9,11-12H2,1-2H3,(H,19,20). The predicted molar refractivity (Wildman–Crippen MR) is 103 cm³/mol. The lowest BCUT2D eigenvalue weighted by atomic mass is 10.2. The molecule has 0 aliphatic heterocycles. The fourth-order valence-electron chi connectivity index (χ4n) is 2.06. The van der Waals surface area contributed by atoms with E-state index in [4.69, 9.17) is 14.2 Å². The molecule has 0 aliphatic carbocycles. The molecule has 0 aliphatic rings. The summed E-state index contributed by atoms with van der Waals surface area (Å²) >= 11 is 3.46. The van der Waals surface area contributed by atoms with Crippen molar-refractivity contribution in [3.63, 3.8) is 0 Å². The van der Waals surface area contributed by atoms with Crippen LogP contribution in [0.2, 0.25) is 0 Å². The number of thiophene rings is 1. The van der Waals surface area contributed by atoms with Gasteiger partial charge in [0.1, 0.15) is 17.1 Å². The minimum atomic E-state index is -0.619. The van der Waals surface area contributed by atoms with E-state index >= 15 is 0 Å². The molecule has 26 heavy (non-hydrogen) atoms. The van der Waals surface area contributed by atoms with Crippen molar-refractivity contribution >= 4 is 35.0 Å². The number of methoxy groups -OCH3 is 2. The molecule has 0 fully saturated rings. The number of nitrogens with one attached hydrogen (secondary N) is 1. The number of benzene rings is 1. The molecule has 0 saturated heterocycles. The lowest BCUT2D eigenvalue weighted by molar-refractivity contribution is -0.124. The van der Waals surface area contributed by atoms with Gasteiger partial charge in [-0.05, 0) is 23.6 Å². The van der Waals surface area contributed by atoms with Crippen LogP contribution in [0.1, 0.15) is 15.2 Å². The van der Waals surface area contributed by atoms with E-state index in [2.05, 4.69) is 11.4 Å². The Balaban J connectivity index is 1.69. The van der Waals surface area contributed by atoms with Crippen LogP contribution in [0.25, 0.3) is 0 Å². The van der Waals surface area contributed by atoms with Gasteiger partial charge in [-0.3, -0.25) is 4.79 Å². The van der Waals surface area contributed by atoms with Gasteiger partial charge >= 0.3 is 5.97 Å². The number of rotatable bonds is 10. The quantitative estimate of drug-likeness (QED) is 0.492. The molecule has 1 aromatic heterocycles. The molecule has 1 heterocycles. The molecule has 8 heteroatoms. The zero-order valence-corrected chi connectivity index (χ0v) is 16.3. The Kier molecular flexibility index (Phi) is 8.30. The molecule has 0 radical (unpaired) electrons. The first kappa shape index (κ1) is 20.1. The average molecular weight is 396 g/mol. The molecule has 2 aromatic rings. The van der Waals surface area contributed by atoms with Gasteiger partial charge < -0.3 is 19.5 Å². The average Bonchev–Trinajstić information content (AvgIpc) is 3.18. The van der Waals surface area contributed by atoms with Crippen LogP contribution in [-0.2, 0) is 15.3 Å². The lowest BCUT2D eigenvalue weighted by Crippen LogP contribution is -2.30. The highest BCUT2D eigenvalue weighted by Crippen LogP contribution is 2.25. The van der Waals surface area contributed by atoms with Crippen LogP contribution in [-0.4, -0.2) is 45.0 Å². The van der Waals surface area contributed by atoms with Gasteiger partial charge in [-0.25, -0.2) is 4.79 Å². The van der Waals surface area contributed by atoms with Gasteiger partial charge in [0.15, 0.2) is 6.61 Å². The van der Waals surface area contributed by atoms with Crippen molar-refractivity contribution < 1.29 is 23.8 Å². The van der Waals surface area contributed by atoms with E-state index in [-0.39, 0.29) is 18.1 Å². The van der Waals surface area contributed by atoms with Crippen LogP contribution in [0.4, 0.5) is 0 Å². The molecular weight excluding hydrogens is 374 g/mol. The minimum absolute atomic E-state index is 0.243. The summed E-state index contributed by atoms with van der Waals surface area (Å²) in [4.78, 5) is 25.2. The maximum atomic E-state index is 12.1. The van der Waals surface area contributed by atoms with Crippen molar-refractivity contribution in [2.75, 3.05) is 33.1 Å². The normalized spacial score (nSPS) is 10.2. The third-order valence-electron chi connectivity index (χ3n) is 3.36. The first-order valence-corrected chi connectivity index (χ1v) is 9.93. The van der Waals surface area contributed by atoms with E-state index in [1.165, 1.54) is 19.1 Å². The Morgan fingerprint density at radius 3 is 2.73 bits per heavy atom. The molecule has 0 bridgehead atoms. The number of thioether (sulfide) groups is 1. The second-order valence-corrected chi connectivity index (χ2v) is 7.26. The summed E-state index contributed by atoms with van der Waals surface area (Å²) in [6, 6.07) is 8.86. The molecule has 1 amide bonds. The number of amides is 1. The predicted octanol–water partition coefficient (Wildman–Crippen LogP) is 2.97. The van der Waals surface area contributed by atoms with Crippen molar-refractivity contribution in [1.29, 1.82) is 0 Å². The number of carbonyl (C=O) groups excluding carboxylic acids is 2. The molecule has 2 rings (SSSR count). The second-order valence-electron chi connectivity index (χ2n) is 5.12. The van der Waals surface area contributed by atoms with Gasteiger partial charge in [0.05, 0.1) is 14.2 Å². The largest absolute Gasteiger partial charge is 0.497 e. The van der Waals surface area contributed by atoms with Gasteiger partial charge in [-0.2, -0.15) is 11.8 Å². The number of esters is 1. The topological polar surface area (TPSA) is 73.9 Å². The van der Waals surface area contributed by atoms with Crippen molar-refractivity contribution in [1.82, 2.24) is 5.32 Å². The number of hydrogen-bond acceptors (Lipinski definition) is 7. The number of ether oxygens (including phenoxy) is 3. The number of carbonyl (C=O) groups is 2. The molecule has 6 nitrogen and oxygen atoms in total. The van der Waals surface area contributed by atoms with Crippen LogP contribution >= 0.6 is 23.1 Å². The third kappa shape index (κ3) is 6.27. The van der Waals surface area contributed by atoms with Crippen LogP contribution < -0.4 is 14.8 Å². The lowest BCUT2D eigenvalue weighted by Gasteiger charge is -2.10. The molecule has 1 N–H and O–H groups in total. The first-order chi connectivity index (χ1) is 12.6. The Bertz CT molecular complexity index is 718. The van der Waals surface area contributed by atoms with Gasteiger partial charge in [-0.1, -0.05) is 6.07 Å². The zero-order valence-electron chi connectivity index (χ0n) is 14.7. The minimum Gasteiger partial charge on any atom is -0.497 e. The highest BCUT2D eigenvalue weighted by Gasteiger charge is 2.16. The van der Waals surface area contributed by atoms with E-state index in [0.29, 0.717) is 18.0 Å². The summed E-state index contributed by atoms with van der Waals surface area (Å²) in [6.07, 6.45) is 0. The zero-order chi connectivity index (χ0) is 18.8. The molecule has 0 spiro atoms. The maximum absolute atomic E-state index is 12.1. The van der Waals surface area contributed by atoms with Crippen LogP contribution in [0.5, 0.6) is 11.5 Å². The molecule has 1 aromatic carbocycles. The molecular formula is C18H21NO5S2. The molecule has 0 unspecified atom stereocenters. The maximum Gasteiger partial charge on any atom is 0.342 e. The summed E-state index contributed by atoms with van der Waals surface area (Å²) in [6.45, 7) is 0.196. The summed E-state index contributed by atoms with van der Waals surface area (Å²) in [5, 5.41) is 4.78. The highest BCUT2D eigenvalue weighted by molar-refractivity contribution is 7.98. The molecule has 0 atom stereocenters. The fraction of sp³-hybridized carbons (Fsp3) is 0.333. The van der Waals surface area contributed by atoms with Crippen LogP contribution in [0.15, 0.2) is 35.7 Å². The summed E-state index contributed by atoms with van der Waals surface area (Å²) in [5.41, 5.74) is 0.243. The highest BCUT2D eigenvalue weighted by atomic mass is 32.2. The van der Waals surface area contributed by atoms with E-state index in [1.807, 2.05) is 11.4 Å². The Hall–Kier alpha value is -2.19.